The first kappa shape index (κ1) is 22.1. The van der Waals surface area contributed by atoms with E-state index in [4.69, 9.17) is 4.74 Å². The smallest absolute Gasteiger partial charge is 0.416 e. The van der Waals surface area contributed by atoms with Gasteiger partial charge in [0.2, 0.25) is 5.91 Å². The minimum atomic E-state index is -4.49. The summed E-state index contributed by atoms with van der Waals surface area (Å²) in [5.41, 5.74) is 0.311. The van der Waals surface area contributed by atoms with Gasteiger partial charge in [0.1, 0.15) is 0 Å². The monoisotopic (exact) mass is 432 g/mol. The van der Waals surface area contributed by atoms with Gasteiger partial charge >= 0.3 is 12.1 Å². The van der Waals surface area contributed by atoms with Gasteiger partial charge in [-0.3, -0.25) is 9.59 Å². The third-order valence-electron chi connectivity index (χ3n) is 4.51. The van der Waals surface area contributed by atoms with Crippen LogP contribution in [0.5, 0.6) is 0 Å². The van der Waals surface area contributed by atoms with Gasteiger partial charge in [-0.2, -0.15) is 13.2 Å². The van der Waals surface area contributed by atoms with Crippen molar-refractivity contribution >= 4 is 35.2 Å². The van der Waals surface area contributed by atoms with E-state index in [2.05, 4.69) is 5.32 Å². The molecule has 1 aliphatic rings. The van der Waals surface area contributed by atoms with Gasteiger partial charge in [-0.25, -0.2) is 4.79 Å². The van der Waals surface area contributed by atoms with Crippen LogP contribution < -0.4 is 10.2 Å². The maximum atomic E-state index is 12.7. The molecule has 162 valence electrons. The molecule has 0 radical (unpaired) electrons. The topological polar surface area (TPSA) is 75.7 Å². The van der Waals surface area contributed by atoms with Crippen LogP contribution in [0.4, 0.5) is 24.5 Å². The van der Waals surface area contributed by atoms with E-state index in [-0.39, 0.29) is 11.5 Å². The molecule has 0 aliphatic carbocycles. The number of hydrogen-bond donors (Lipinski definition) is 1. The first-order chi connectivity index (χ1) is 14.7. The van der Waals surface area contributed by atoms with Crippen LogP contribution in [0, 0.1) is 0 Å². The highest BCUT2D eigenvalue weighted by atomic mass is 19.4. The molecule has 0 saturated carbocycles. The predicted molar refractivity (Wildman–Crippen MR) is 108 cm³/mol. The Morgan fingerprint density at radius 2 is 1.90 bits per heavy atom. The van der Waals surface area contributed by atoms with Crippen molar-refractivity contribution in [2.75, 3.05) is 23.4 Å². The molecule has 1 saturated heterocycles. The standard InChI is InChI=1S/C22H19F3N2O4/c23-22(24,25)16-6-3-5-15(13-16)10-11-21(30)31-14-19(28)26-17-7-1-2-8-18(17)27-12-4-9-20(27)29/h1-3,5-8,10-11,13H,4,9,12,14H2,(H,26,28)/b11-10+. The molecule has 0 spiro atoms. The number of hydrogen-bond acceptors (Lipinski definition) is 4. The van der Waals surface area contributed by atoms with Crippen molar-refractivity contribution in [1.29, 1.82) is 0 Å². The van der Waals surface area contributed by atoms with Crippen molar-refractivity contribution in [3.05, 3.63) is 65.7 Å². The highest BCUT2D eigenvalue weighted by Crippen LogP contribution is 2.30. The first-order valence-electron chi connectivity index (χ1n) is 9.45. The number of alkyl halides is 3. The number of ether oxygens (including phenoxy) is 1. The average molecular weight is 432 g/mol. The van der Waals surface area contributed by atoms with E-state index in [9.17, 15) is 27.6 Å². The predicted octanol–water partition coefficient (Wildman–Crippen LogP) is 4.03. The molecule has 0 bridgehead atoms. The molecule has 1 fully saturated rings. The van der Waals surface area contributed by atoms with Crippen LogP contribution in [0.15, 0.2) is 54.6 Å². The third kappa shape index (κ3) is 5.94. The maximum Gasteiger partial charge on any atom is 0.416 e. The summed E-state index contributed by atoms with van der Waals surface area (Å²) in [7, 11) is 0. The highest BCUT2D eigenvalue weighted by molar-refractivity contribution is 6.02. The Morgan fingerprint density at radius 3 is 2.61 bits per heavy atom. The summed E-state index contributed by atoms with van der Waals surface area (Å²) in [4.78, 5) is 37.5. The van der Waals surface area contributed by atoms with E-state index in [1.807, 2.05) is 0 Å². The van der Waals surface area contributed by atoms with Crippen LogP contribution in [0.25, 0.3) is 6.08 Å². The van der Waals surface area contributed by atoms with Crippen LogP contribution in [0.2, 0.25) is 0 Å². The number of carbonyl (C=O) groups excluding carboxylic acids is 3. The summed E-state index contributed by atoms with van der Waals surface area (Å²) in [5.74, 6) is -1.52. The molecular formula is C22H19F3N2O4. The van der Waals surface area contributed by atoms with Gasteiger partial charge in [0.15, 0.2) is 6.61 Å². The second kappa shape index (κ2) is 9.46. The number of carbonyl (C=O) groups is 3. The molecule has 2 amide bonds. The summed E-state index contributed by atoms with van der Waals surface area (Å²) in [6.07, 6.45) is -1.20. The van der Waals surface area contributed by atoms with Gasteiger partial charge < -0.3 is 15.0 Å². The van der Waals surface area contributed by atoms with Crippen molar-refractivity contribution in [2.24, 2.45) is 0 Å². The first-order valence-corrected chi connectivity index (χ1v) is 9.45. The molecule has 0 aromatic heterocycles. The minimum absolute atomic E-state index is 0.0344. The number of para-hydroxylation sites is 2. The zero-order valence-electron chi connectivity index (χ0n) is 16.3. The number of nitrogens with one attached hydrogen (secondary N) is 1. The quantitative estimate of drug-likeness (QED) is 0.553. The number of rotatable bonds is 6. The summed E-state index contributed by atoms with van der Waals surface area (Å²) in [6.45, 7) is -0.0327. The Hall–Kier alpha value is -3.62. The molecule has 6 nitrogen and oxygen atoms in total. The molecule has 1 N–H and O–H groups in total. The second-order valence-electron chi connectivity index (χ2n) is 6.78. The minimum Gasteiger partial charge on any atom is -0.452 e. The lowest BCUT2D eigenvalue weighted by molar-refractivity contribution is -0.142. The number of benzene rings is 2. The van der Waals surface area contributed by atoms with Gasteiger partial charge in [-0.05, 0) is 42.3 Å². The molecule has 31 heavy (non-hydrogen) atoms. The fourth-order valence-electron chi connectivity index (χ4n) is 3.07. The number of halogens is 3. The van der Waals surface area contributed by atoms with Crippen molar-refractivity contribution in [3.63, 3.8) is 0 Å². The van der Waals surface area contributed by atoms with Crippen molar-refractivity contribution in [1.82, 2.24) is 0 Å². The molecule has 9 heteroatoms. The van der Waals surface area contributed by atoms with Gasteiger partial charge in [0, 0.05) is 19.0 Å². The Morgan fingerprint density at radius 1 is 1.13 bits per heavy atom. The van der Waals surface area contributed by atoms with E-state index < -0.39 is 30.2 Å². The van der Waals surface area contributed by atoms with Crippen LogP contribution in [-0.4, -0.2) is 30.9 Å². The number of amides is 2. The maximum absolute atomic E-state index is 12.7. The van der Waals surface area contributed by atoms with Crippen molar-refractivity contribution < 1.29 is 32.3 Å². The highest BCUT2D eigenvalue weighted by Gasteiger charge is 2.30. The zero-order chi connectivity index (χ0) is 22.4. The Labute approximate surface area is 176 Å². The molecule has 2 aromatic rings. The zero-order valence-corrected chi connectivity index (χ0v) is 16.3. The van der Waals surface area contributed by atoms with Crippen molar-refractivity contribution in [3.8, 4) is 0 Å². The van der Waals surface area contributed by atoms with Crippen LogP contribution in [0.3, 0.4) is 0 Å². The number of anilines is 2. The van der Waals surface area contributed by atoms with E-state index in [1.165, 1.54) is 18.2 Å². The lowest BCUT2D eigenvalue weighted by Gasteiger charge is -2.19. The largest absolute Gasteiger partial charge is 0.452 e. The summed E-state index contributed by atoms with van der Waals surface area (Å²) < 4.78 is 43.0. The van der Waals surface area contributed by atoms with Gasteiger partial charge in [0.05, 0.1) is 16.9 Å². The molecule has 0 atom stereocenters. The van der Waals surface area contributed by atoms with E-state index >= 15 is 0 Å². The van der Waals surface area contributed by atoms with Crippen LogP contribution >= 0.6 is 0 Å². The number of esters is 1. The SMILES string of the molecule is O=C(COC(=O)/C=C/c1cccc(C(F)(F)F)c1)Nc1ccccc1N1CCCC1=O. The molecule has 2 aromatic carbocycles. The second-order valence-corrected chi connectivity index (χ2v) is 6.78. The van der Waals surface area contributed by atoms with E-state index in [0.29, 0.717) is 24.3 Å². The fraction of sp³-hybridized carbons (Fsp3) is 0.227. The van der Waals surface area contributed by atoms with Gasteiger partial charge in [-0.15, -0.1) is 0 Å². The fourth-order valence-corrected chi connectivity index (χ4v) is 3.07. The van der Waals surface area contributed by atoms with Gasteiger partial charge in [0.25, 0.3) is 5.91 Å². The van der Waals surface area contributed by atoms with Crippen LogP contribution in [0.1, 0.15) is 24.0 Å². The molecule has 0 unspecified atom stereocenters. The lowest BCUT2D eigenvalue weighted by atomic mass is 10.1. The lowest BCUT2D eigenvalue weighted by Crippen LogP contribution is -2.26. The average Bonchev–Trinajstić information content (AvgIpc) is 3.16. The van der Waals surface area contributed by atoms with E-state index in [0.717, 1.165) is 24.6 Å². The summed E-state index contributed by atoms with van der Waals surface area (Å²) >= 11 is 0. The van der Waals surface area contributed by atoms with E-state index in [1.54, 1.807) is 29.2 Å². The van der Waals surface area contributed by atoms with Gasteiger partial charge in [-0.1, -0.05) is 24.3 Å². The Bertz CT molecular complexity index is 1020. The van der Waals surface area contributed by atoms with Crippen LogP contribution in [-0.2, 0) is 25.3 Å². The Balaban J connectivity index is 1.55. The number of nitrogens with zero attached hydrogens (tertiary/aromatic N) is 1. The third-order valence-corrected chi connectivity index (χ3v) is 4.51. The summed E-state index contributed by atoms with van der Waals surface area (Å²) in [6, 6.07) is 11.2. The van der Waals surface area contributed by atoms with Crippen molar-refractivity contribution in [2.45, 2.75) is 19.0 Å². The Kier molecular flexibility index (Phi) is 6.74. The molecular weight excluding hydrogens is 413 g/mol. The normalized spacial score (nSPS) is 14.2. The summed E-state index contributed by atoms with van der Waals surface area (Å²) in [5, 5.41) is 2.60. The molecule has 3 rings (SSSR count). The molecule has 1 aliphatic heterocycles. The molecule has 1 heterocycles.